The predicted molar refractivity (Wildman–Crippen MR) is 79.2 cm³/mol. The molecule has 3 rings (SSSR count). The van der Waals surface area contributed by atoms with Crippen LogP contribution in [0.3, 0.4) is 0 Å². The summed E-state index contributed by atoms with van der Waals surface area (Å²) in [6.07, 6.45) is 6.65. The van der Waals surface area contributed by atoms with Gasteiger partial charge in [0.05, 0.1) is 5.02 Å². The normalized spacial score (nSPS) is 26.8. The Morgan fingerprint density at radius 3 is 2.80 bits per heavy atom. The highest BCUT2D eigenvalue weighted by Crippen LogP contribution is 2.38. The molecule has 1 saturated carbocycles. The highest BCUT2D eigenvalue weighted by Gasteiger charge is 2.36. The number of ether oxygens (including phenoxy) is 1. The third-order valence-electron chi connectivity index (χ3n) is 3.88. The molecule has 2 aliphatic carbocycles. The van der Waals surface area contributed by atoms with Crippen LogP contribution in [0.1, 0.15) is 12.8 Å². The number of benzene rings is 1. The molecule has 106 valence electrons. The maximum Gasteiger partial charge on any atom is 0.258 e. The lowest BCUT2D eigenvalue weighted by molar-refractivity contribution is -0.123. The van der Waals surface area contributed by atoms with Crippen LogP contribution in [-0.4, -0.2) is 18.6 Å². The molecule has 0 aliphatic heterocycles. The summed E-state index contributed by atoms with van der Waals surface area (Å²) in [7, 11) is 0. The maximum atomic E-state index is 11.9. The molecule has 3 nitrogen and oxygen atoms in total. The predicted octanol–water partition coefficient (Wildman–Crippen LogP) is 3.45. The monoisotopic (exact) mass is 311 g/mol. The molecule has 5 heteroatoms. The van der Waals surface area contributed by atoms with Gasteiger partial charge in [0, 0.05) is 11.1 Å². The van der Waals surface area contributed by atoms with Gasteiger partial charge in [-0.25, -0.2) is 0 Å². The van der Waals surface area contributed by atoms with E-state index >= 15 is 0 Å². The number of nitrogens with one attached hydrogen (secondary N) is 1. The van der Waals surface area contributed by atoms with Gasteiger partial charge in [-0.05, 0) is 42.9 Å². The third kappa shape index (κ3) is 2.94. The van der Waals surface area contributed by atoms with Gasteiger partial charge in [-0.15, -0.1) is 0 Å². The molecule has 1 amide bonds. The van der Waals surface area contributed by atoms with E-state index < -0.39 is 0 Å². The second-order valence-corrected chi connectivity index (χ2v) is 6.16. The molecular formula is C15H15Cl2NO2. The summed E-state index contributed by atoms with van der Waals surface area (Å²) in [5, 5.41) is 3.98. The Labute approximate surface area is 127 Å². The Bertz CT molecular complexity index is 559. The van der Waals surface area contributed by atoms with Crippen LogP contribution in [-0.2, 0) is 4.79 Å². The number of carbonyl (C=O) groups is 1. The lowest BCUT2D eigenvalue weighted by atomic mass is 10.0. The molecular weight excluding hydrogens is 297 g/mol. The third-order valence-corrected chi connectivity index (χ3v) is 4.41. The zero-order valence-electron chi connectivity index (χ0n) is 10.8. The van der Waals surface area contributed by atoms with E-state index in [0.29, 0.717) is 27.6 Å². The number of carbonyl (C=O) groups excluding carboxylic acids is 1. The van der Waals surface area contributed by atoms with E-state index in [1.54, 1.807) is 18.2 Å². The first-order chi connectivity index (χ1) is 9.61. The SMILES string of the molecule is O=C(COc1ccc(Cl)cc1Cl)NC1CC2C=CC1C2. The molecule has 1 fully saturated rings. The van der Waals surface area contributed by atoms with Crippen molar-refractivity contribution in [2.45, 2.75) is 18.9 Å². The minimum absolute atomic E-state index is 0.0288. The van der Waals surface area contributed by atoms with Crippen LogP contribution < -0.4 is 10.1 Å². The average Bonchev–Trinajstić information content (AvgIpc) is 3.00. The second-order valence-electron chi connectivity index (χ2n) is 5.32. The standard InChI is InChI=1S/C15H15Cl2NO2/c16-11-3-4-14(12(17)7-11)20-8-15(19)18-13-6-9-1-2-10(13)5-9/h1-4,7,9-10,13H,5-6,8H2,(H,18,19). The Morgan fingerprint density at radius 2 is 2.15 bits per heavy atom. The van der Waals surface area contributed by atoms with E-state index in [1.807, 2.05) is 0 Å². The number of fused-ring (bicyclic) bond motifs is 2. The second kappa shape index (κ2) is 5.66. The lowest BCUT2D eigenvalue weighted by Gasteiger charge is -2.19. The van der Waals surface area contributed by atoms with Crippen LogP contribution >= 0.6 is 23.2 Å². The van der Waals surface area contributed by atoms with Crippen molar-refractivity contribution < 1.29 is 9.53 Å². The summed E-state index contributed by atoms with van der Waals surface area (Å²) < 4.78 is 5.42. The van der Waals surface area contributed by atoms with Crippen LogP contribution in [0.2, 0.25) is 10.0 Å². The van der Waals surface area contributed by atoms with Gasteiger partial charge in [0.2, 0.25) is 0 Å². The Balaban J connectivity index is 1.51. The first-order valence-electron chi connectivity index (χ1n) is 6.67. The smallest absolute Gasteiger partial charge is 0.258 e. The molecule has 20 heavy (non-hydrogen) atoms. The van der Waals surface area contributed by atoms with Crippen molar-refractivity contribution in [3.8, 4) is 5.75 Å². The first kappa shape index (κ1) is 13.8. The number of amides is 1. The van der Waals surface area contributed by atoms with Gasteiger partial charge in [0.15, 0.2) is 6.61 Å². The van der Waals surface area contributed by atoms with Crippen LogP contribution in [0.25, 0.3) is 0 Å². The summed E-state index contributed by atoms with van der Waals surface area (Å²) in [6, 6.07) is 5.19. The molecule has 0 heterocycles. The van der Waals surface area contributed by atoms with E-state index in [0.717, 1.165) is 12.8 Å². The van der Waals surface area contributed by atoms with Crippen LogP contribution in [0.15, 0.2) is 30.4 Å². The van der Waals surface area contributed by atoms with Crippen molar-refractivity contribution in [2.24, 2.45) is 11.8 Å². The van der Waals surface area contributed by atoms with Gasteiger partial charge >= 0.3 is 0 Å². The number of rotatable bonds is 4. The summed E-state index contributed by atoms with van der Waals surface area (Å²) in [4.78, 5) is 11.9. The number of hydrogen-bond acceptors (Lipinski definition) is 2. The van der Waals surface area contributed by atoms with Gasteiger partial charge in [-0.1, -0.05) is 35.4 Å². The van der Waals surface area contributed by atoms with Crippen molar-refractivity contribution in [1.82, 2.24) is 5.32 Å². The number of halogens is 2. The zero-order valence-corrected chi connectivity index (χ0v) is 12.3. The molecule has 0 radical (unpaired) electrons. The minimum Gasteiger partial charge on any atom is -0.482 e. The molecule has 2 bridgehead atoms. The maximum absolute atomic E-state index is 11.9. The summed E-state index contributed by atoms with van der Waals surface area (Å²) >= 11 is 11.8. The lowest BCUT2D eigenvalue weighted by Crippen LogP contribution is -2.40. The Hall–Kier alpha value is -1.19. The largest absolute Gasteiger partial charge is 0.482 e. The molecule has 3 atom stereocenters. The topological polar surface area (TPSA) is 38.3 Å². The minimum atomic E-state index is -0.109. The molecule has 1 N–H and O–H groups in total. The van der Waals surface area contributed by atoms with E-state index in [2.05, 4.69) is 17.5 Å². The van der Waals surface area contributed by atoms with Gasteiger partial charge in [0.1, 0.15) is 5.75 Å². The van der Waals surface area contributed by atoms with Crippen molar-refractivity contribution in [2.75, 3.05) is 6.61 Å². The Kier molecular flexibility index (Phi) is 3.90. The number of allylic oxidation sites excluding steroid dienone is 1. The van der Waals surface area contributed by atoms with Gasteiger partial charge in [-0.3, -0.25) is 4.79 Å². The van der Waals surface area contributed by atoms with E-state index in [-0.39, 0.29) is 18.6 Å². The molecule has 1 aromatic rings. The van der Waals surface area contributed by atoms with Crippen LogP contribution in [0, 0.1) is 11.8 Å². The first-order valence-corrected chi connectivity index (χ1v) is 7.43. The van der Waals surface area contributed by atoms with Crippen molar-refractivity contribution in [3.05, 3.63) is 40.4 Å². The van der Waals surface area contributed by atoms with Crippen LogP contribution in [0.5, 0.6) is 5.75 Å². The van der Waals surface area contributed by atoms with Crippen LogP contribution in [0.4, 0.5) is 0 Å². The fourth-order valence-corrected chi connectivity index (χ4v) is 3.39. The van der Waals surface area contributed by atoms with Crippen molar-refractivity contribution >= 4 is 29.1 Å². The van der Waals surface area contributed by atoms with E-state index in [9.17, 15) is 4.79 Å². The highest BCUT2D eigenvalue weighted by molar-refractivity contribution is 6.35. The molecule has 1 aromatic carbocycles. The fourth-order valence-electron chi connectivity index (χ4n) is 2.93. The summed E-state index contributed by atoms with van der Waals surface area (Å²) in [5.74, 6) is 1.49. The molecule has 0 saturated heterocycles. The molecule has 0 spiro atoms. The molecule has 3 unspecified atom stereocenters. The zero-order chi connectivity index (χ0) is 14.1. The highest BCUT2D eigenvalue weighted by atomic mass is 35.5. The molecule has 0 aromatic heterocycles. The molecule has 2 aliphatic rings. The van der Waals surface area contributed by atoms with Crippen molar-refractivity contribution in [1.29, 1.82) is 0 Å². The van der Waals surface area contributed by atoms with E-state index in [1.165, 1.54) is 0 Å². The van der Waals surface area contributed by atoms with Crippen molar-refractivity contribution in [3.63, 3.8) is 0 Å². The number of hydrogen-bond donors (Lipinski definition) is 1. The Morgan fingerprint density at radius 1 is 1.30 bits per heavy atom. The van der Waals surface area contributed by atoms with Gasteiger partial charge < -0.3 is 10.1 Å². The summed E-state index contributed by atoms with van der Waals surface area (Å²) in [5.41, 5.74) is 0. The van der Waals surface area contributed by atoms with Gasteiger partial charge in [-0.2, -0.15) is 0 Å². The van der Waals surface area contributed by atoms with E-state index in [4.69, 9.17) is 27.9 Å². The van der Waals surface area contributed by atoms with Gasteiger partial charge in [0.25, 0.3) is 5.91 Å². The summed E-state index contributed by atoms with van der Waals surface area (Å²) in [6.45, 7) is -0.0288. The quantitative estimate of drug-likeness (QED) is 0.865. The average molecular weight is 312 g/mol. The fraction of sp³-hybridized carbons (Fsp3) is 0.400.